The van der Waals surface area contributed by atoms with E-state index in [4.69, 9.17) is 9.72 Å². The Balaban J connectivity index is 1.37. The molecule has 1 saturated heterocycles. The van der Waals surface area contributed by atoms with Crippen LogP contribution in [0.25, 0.3) is 0 Å². The van der Waals surface area contributed by atoms with E-state index in [0.717, 1.165) is 29.8 Å². The average Bonchev–Trinajstić information content (AvgIpc) is 3.45. The van der Waals surface area contributed by atoms with E-state index in [1.807, 2.05) is 23.2 Å². The van der Waals surface area contributed by atoms with Gasteiger partial charge in [-0.25, -0.2) is 9.97 Å². The van der Waals surface area contributed by atoms with Crippen molar-refractivity contribution in [1.82, 2.24) is 14.9 Å². The van der Waals surface area contributed by atoms with E-state index in [0.29, 0.717) is 31.7 Å². The normalized spacial score (nSPS) is 23.5. The molecule has 1 aromatic heterocycles. The summed E-state index contributed by atoms with van der Waals surface area (Å²) in [5.41, 5.74) is 3.93. The summed E-state index contributed by atoms with van der Waals surface area (Å²) in [6, 6.07) is 8.57. The predicted molar refractivity (Wildman–Crippen MR) is 116 cm³/mol. The first-order chi connectivity index (χ1) is 14.3. The number of carbonyl (C=O) groups excluding carboxylic acids is 1. The van der Waals surface area contributed by atoms with Crippen LogP contribution >= 0.6 is 0 Å². The van der Waals surface area contributed by atoms with Gasteiger partial charge in [-0.1, -0.05) is 32.9 Å². The number of nitrogens with one attached hydrogen (secondary N) is 1. The molecule has 1 aliphatic carbocycles. The summed E-state index contributed by atoms with van der Waals surface area (Å²) in [4.78, 5) is 24.5. The first-order valence-electron chi connectivity index (χ1n) is 10.9. The molecular formula is C24H30N4O2. The lowest BCUT2D eigenvalue weighted by Crippen LogP contribution is -2.41. The Morgan fingerprint density at radius 1 is 1.23 bits per heavy atom. The third kappa shape index (κ3) is 3.58. The number of rotatable bonds is 3. The summed E-state index contributed by atoms with van der Waals surface area (Å²) in [5.74, 6) is 0.796. The summed E-state index contributed by atoms with van der Waals surface area (Å²) >= 11 is 0. The molecule has 1 saturated carbocycles. The van der Waals surface area contributed by atoms with Crippen LogP contribution in [0.5, 0.6) is 0 Å². The smallest absolute Gasteiger partial charge is 0.253 e. The highest BCUT2D eigenvalue weighted by Crippen LogP contribution is 2.40. The molecule has 0 radical (unpaired) electrons. The van der Waals surface area contributed by atoms with Crippen LogP contribution < -0.4 is 5.32 Å². The Morgan fingerprint density at radius 3 is 2.70 bits per heavy atom. The van der Waals surface area contributed by atoms with Crippen LogP contribution in [0.1, 0.15) is 67.2 Å². The van der Waals surface area contributed by atoms with Crippen molar-refractivity contribution in [1.29, 1.82) is 0 Å². The van der Waals surface area contributed by atoms with E-state index in [1.54, 1.807) is 0 Å². The maximum atomic E-state index is 13.2. The molecular weight excluding hydrogens is 376 g/mol. The predicted octanol–water partition coefficient (Wildman–Crippen LogP) is 3.66. The number of amides is 1. The second kappa shape index (κ2) is 7.05. The Hall–Kier alpha value is -2.47. The van der Waals surface area contributed by atoms with Crippen LogP contribution in [0.2, 0.25) is 0 Å². The quantitative estimate of drug-likeness (QED) is 0.843. The summed E-state index contributed by atoms with van der Waals surface area (Å²) in [5, 5.41) is 3.41. The van der Waals surface area contributed by atoms with Crippen LogP contribution in [-0.4, -0.2) is 46.5 Å². The molecule has 2 aliphatic heterocycles. The van der Waals surface area contributed by atoms with Gasteiger partial charge in [0.1, 0.15) is 0 Å². The Bertz CT molecular complexity index is 962. The van der Waals surface area contributed by atoms with Crippen molar-refractivity contribution in [2.24, 2.45) is 0 Å². The third-order valence-electron chi connectivity index (χ3n) is 6.55. The number of hydrogen-bond acceptors (Lipinski definition) is 5. The van der Waals surface area contributed by atoms with Crippen molar-refractivity contribution in [2.45, 2.75) is 63.5 Å². The molecule has 0 unspecified atom stereocenters. The SMILES string of the molecule is CC(C)(C)c1ccc(C(=O)N2CC[C@@]3(COCc4cnc(NC5CC5)nc43)C2)cc1. The fourth-order valence-corrected chi connectivity index (χ4v) is 4.53. The zero-order valence-electron chi connectivity index (χ0n) is 18.1. The zero-order valence-corrected chi connectivity index (χ0v) is 18.1. The Labute approximate surface area is 178 Å². The van der Waals surface area contributed by atoms with Gasteiger partial charge in [0.15, 0.2) is 0 Å². The molecule has 1 amide bonds. The lowest BCUT2D eigenvalue weighted by molar-refractivity contribution is 0.0485. The standard InChI is InChI=1S/C24H30N4O2/c1-23(2,3)18-6-4-16(5-7-18)21(29)28-11-10-24(14-28)15-30-13-17-12-25-22(27-20(17)24)26-19-8-9-19/h4-7,12,19H,8-11,13-15H2,1-3H3,(H,25,26,27)/t24-/m0/s1. The average molecular weight is 407 g/mol. The van der Waals surface area contributed by atoms with Crippen LogP contribution in [0.15, 0.2) is 30.5 Å². The van der Waals surface area contributed by atoms with Crippen molar-refractivity contribution in [2.75, 3.05) is 25.0 Å². The number of carbonyl (C=O) groups is 1. The molecule has 5 rings (SSSR count). The topological polar surface area (TPSA) is 67.4 Å². The van der Waals surface area contributed by atoms with Crippen molar-refractivity contribution in [3.8, 4) is 0 Å². The van der Waals surface area contributed by atoms with Crippen LogP contribution in [0.4, 0.5) is 5.95 Å². The van der Waals surface area contributed by atoms with Gasteiger partial charge < -0.3 is 15.0 Å². The van der Waals surface area contributed by atoms with Crippen molar-refractivity contribution < 1.29 is 9.53 Å². The molecule has 6 heteroatoms. The maximum absolute atomic E-state index is 13.2. The lowest BCUT2D eigenvalue weighted by atomic mass is 9.80. The highest BCUT2D eigenvalue weighted by Gasteiger charge is 2.46. The van der Waals surface area contributed by atoms with E-state index in [1.165, 1.54) is 18.4 Å². The minimum atomic E-state index is -0.239. The first kappa shape index (κ1) is 19.5. The fourth-order valence-electron chi connectivity index (χ4n) is 4.53. The van der Waals surface area contributed by atoms with Gasteiger partial charge in [0.05, 0.1) is 24.3 Å². The van der Waals surface area contributed by atoms with Gasteiger partial charge in [-0.3, -0.25) is 4.79 Å². The lowest BCUT2D eigenvalue weighted by Gasteiger charge is -2.34. The molecule has 0 bridgehead atoms. The number of nitrogens with zero attached hydrogens (tertiary/aromatic N) is 3. The molecule has 6 nitrogen and oxygen atoms in total. The first-order valence-corrected chi connectivity index (χ1v) is 10.9. The molecule has 3 aliphatic rings. The van der Waals surface area contributed by atoms with Gasteiger partial charge in [0, 0.05) is 36.5 Å². The molecule has 30 heavy (non-hydrogen) atoms. The van der Waals surface area contributed by atoms with Gasteiger partial charge in [0.2, 0.25) is 5.95 Å². The van der Waals surface area contributed by atoms with Crippen LogP contribution in [0, 0.1) is 0 Å². The summed E-state index contributed by atoms with van der Waals surface area (Å²) in [6.07, 6.45) is 5.13. The number of fused-ring (bicyclic) bond motifs is 2. The number of ether oxygens (including phenoxy) is 1. The van der Waals surface area contributed by atoms with E-state index in [-0.39, 0.29) is 16.7 Å². The third-order valence-corrected chi connectivity index (χ3v) is 6.55. The fraction of sp³-hybridized carbons (Fsp3) is 0.542. The Kier molecular flexibility index (Phi) is 4.58. The number of aromatic nitrogens is 2. The molecule has 158 valence electrons. The number of benzene rings is 1. The monoisotopic (exact) mass is 406 g/mol. The van der Waals surface area contributed by atoms with Gasteiger partial charge in [-0.2, -0.15) is 0 Å². The molecule has 3 heterocycles. The minimum absolute atomic E-state index is 0.0777. The summed E-state index contributed by atoms with van der Waals surface area (Å²) in [6.45, 7) is 9.06. The largest absolute Gasteiger partial charge is 0.376 e. The van der Waals surface area contributed by atoms with E-state index in [9.17, 15) is 4.79 Å². The highest BCUT2D eigenvalue weighted by atomic mass is 16.5. The van der Waals surface area contributed by atoms with E-state index >= 15 is 0 Å². The van der Waals surface area contributed by atoms with Crippen molar-refractivity contribution in [3.63, 3.8) is 0 Å². The van der Waals surface area contributed by atoms with Gasteiger partial charge in [0.25, 0.3) is 5.91 Å². The van der Waals surface area contributed by atoms with Crippen LogP contribution in [-0.2, 0) is 22.2 Å². The molecule has 1 atom stereocenters. The van der Waals surface area contributed by atoms with Gasteiger partial charge in [-0.15, -0.1) is 0 Å². The number of likely N-dealkylation sites (tertiary alicyclic amines) is 1. The number of hydrogen-bond donors (Lipinski definition) is 1. The van der Waals surface area contributed by atoms with Crippen molar-refractivity contribution >= 4 is 11.9 Å². The highest BCUT2D eigenvalue weighted by molar-refractivity contribution is 5.94. The molecule has 1 aromatic carbocycles. The summed E-state index contributed by atoms with van der Waals surface area (Å²) in [7, 11) is 0. The van der Waals surface area contributed by atoms with Gasteiger partial charge >= 0.3 is 0 Å². The molecule has 2 fully saturated rings. The second-order valence-corrected chi connectivity index (χ2v) is 10.1. The van der Waals surface area contributed by atoms with Crippen LogP contribution in [0.3, 0.4) is 0 Å². The number of anilines is 1. The molecule has 1 spiro atoms. The molecule has 1 N–H and O–H groups in total. The summed E-state index contributed by atoms with van der Waals surface area (Å²) < 4.78 is 5.92. The van der Waals surface area contributed by atoms with Crippen molar-refractivity contribution in [3.05, 3.63) is 52.8 Å². The van der Waals surface area contributed by atoms with E-state index < -0.39 is 0 Å². The van der Waals surface area contributed by atoms with E-state index in [2.05, 4.69) is 43.2 Å². The Morgan fingerprint density at radius 2 is 2.00 bits per heavy atom. The zero-order chi connectivity index (χ0) is 20.9. The minimum Gasteiger partial charge on any atom is -0.376 e. The second-order valence-electron chi connectivity index (χ2n) is 10.1. The maximum Gasteiger partial charge on any atom is 0.253 e. The molecule has 2 aromatic rings. The van der Waals surface area contributed by atoms with Gasteiger partial charge in [-0.05, 0) is 42.4 Å².